The molecule has 0 amide bonds. The van der Waals surface area contributed by atoms with Crippen molar-refractivity contribution in [1.29, 1.82) is 0 Å². The average molecular weight is 223 g/mol. The molecule has 1 heteroatoms. The highest BCUT2D eigenvalue weighted by molar-refractivity contribution is 5.00. The molecule has 0 radical (unpaired) electrons. The lowest BCUT2D eigenvalue weighted by molar-refractivity contribution is -0.0487. The van der Waals surface area contributed by atoms with Crippen molar-refractivity contribution in [2.24, 2.45) is 11.3 Å². The van der Waals surface area contributed by atoms with Crippen molar-refractivity contribution in [2.75, 3.05) is 13.1 Å². The minimum atomic E-state index is 0.474. The first-order chi connectivity index (χ1) is 7.47. The maximum Gasteiger partial charge on any atom is 0.0212 e. The van der Waals surface area contributed by atoms with E-state index in [1.807, 2.05) is 0 Å². The predicted molar refractivity (Wildman–Crippen MR) is 70.6 cm³/mol. The predicted octanol–water partition coefficient (Wildman–Crippen LogP) is 4.08. The van der Waals surface area contributed by atoms with Crippen LogP contribution < -0.4 is 0 Å². The second kappa shape index (κ2) is 4.33. The van der Waals surface area contributed by atoms with Gasteiger partial charge in [0.15, 0.2) is 0 Å². The van der Waals surface area contributed by atoms with E-state index in [0.29, 0.717) is 11.0 Å². The van der Waals surface area contributed by atoms with Gasteiger partial charge in [-0.2, -0.15) is 0 Å². The molecule has 2 atom stereocenters. The van der Waals surface area contributed by atoms with Gasteiger partial charge in [0.05, 0.1) is 0 Å². The Morgan fingerprint density at radius 3 is 2.12 bits per heavy atom. The molecular weight excluding hydrogens is 194 g/mol. The van der Waals surface area contributed by atoms with Crippen LogP contribution in [0.4, 0.5) is 0 Å². The van der Waals surface area contributed by atoms with Gasteiger partial charge in [-0.05, 0) is 57.0 Å². The number of likely N-dealkylation sites (tertiary alicyclic amines) is 1. The van der Waals surface area contributed by atoms with Gasteiger partial charge >= 0.3 is 0 Å². The van der Waals surface area contributed by atoms with Crippen LogP contribution >= 0.6 is 0 Å². The number of hydrogen-bond acceptors (Lipinski definition) is 1. The molecule has 1 aliphatic carbocycles. The van der Waals surface area contributed by atoms with Crippen LogP contribution in [0.3, 0.4) is 0 Å². The largest absolute Gasteiger partial charge is 0.298 e. The van der Waals surface area contributed by atoms with Gasteiger partial charge in [0, 0.05) is 5.54 Å². The lowest BCUT2D eigenvalue weighted by Gasteiger charge is -2.55. The second-order valence-corrected chi connectivity index (χ2v) is 6.97. The third kappa shape index (κ3) is 2.03. The van der Waals surface area contributed by atoms with E-state index >= 15 is 0 Å². The first-order valence-corrected chi connectivity index (χ1v) is 7.22. The Bertz CT molecular complexity index is 240. The summed E-state index contributed by atoms with van der Waals surface area (Å²) < 4.78 is 0. The first kappa shape index (κ1) is 12.4. The van der Waals surface area contributed by atoms with Crippen LogP contribution in [0.5, 0.6) is 0 Å². The number of rotatable bonds is 1. The maximum atomic E-state index is 2.81. The average Bonchev–Trinajstić information content (AvgIpc) is 2.27. The molecule has 1 nitrogen and oxygen atoms in total. The van der Waals surface area contributed by atoms with Crippen LogP contribution in [0, 0.1) is 11.3 Å². The lowest BCUT2D eigenvalue weighted by atomic mass is 9.60. The van der Waals surface area contributed by atoms with Crippen molar-refractivity contribution in [3.63, 3.8) is 0 Å². The molecule has 2 fully saturated rings. The zero-order valence-corrected chi connectivity index (χ0v) is 11.7. The van der Waals surface area contributed by atoms with Crippen LogP contribution in [0.2, 0.25) is 0 Å². The van der Waals surface area contributed by atoms with E-state index in [1.54, 1.807) is 0 Å². The van der Waals surface area contributed by atoms with Gasteiger partial charge in [-0.25, -0.2) is 0 Å². The van der Waals surface area contributed by atoms with Crippen molar-refractivity contribution >= 4 is 0 Å². The summed E-state index contributed by atoms with van der Waals surface area (Å²) in [5.74, 6) is 0.826. The Morgan fingerprint density at radius 2 is 1.50 bits per heavy atom. The molecule has 1 heterocycles. The fourth-order valence-electron chi connectivity index (χ4n) is 4.01. The van der Waals surface area contributed by atoms with Gasteiger partial charge in [0.2, 0.25) is 0 Å². The van der Waals surface area contributed by atoms with E-state index in [2.05, 4.69) is 32.6 Å². The molecule has 1 aliphatic heterocycles. The monoisotopic (exact) mass is 223 g/mol. The van der Waals surface area contributed by atoms with Crippen molar-refractivity contribution in [2.45, 2.75) is 71.8 Å². The molecule has 2 aliphatic rings. The van der Waals surface area contributed by atoms with Crippen LogP contribution in [0.15, 0.2) is 0 Å². The van der Waals surface area contributed by atoms with E-state index < -0.39 is 0 Å². The Hall–Kier alpha value is -0.0400. The second-order valence-electron chi connectivity index (χ2n) is 6.97. The zero-order chi connectivity index (χ0) is 11.8. The van der Waals surface area contributed by atoms with E-state index in [0.717, 1.165) is 5.92 Å². The minimum absolute atomic E-state index is 0.474. The summed E-state index contributed by atoms with van der Waals surface area (Å²) in [5.41, 5.74) is 1.01. The Labute approximate surface area is 102 Å². The summed E-state index contributed by atoms with van der Waals surface area (Å²) in [6, 6.07) is 0. The van der Waals surface area contributed by atoms with Crippen molar-refractivity contribution in [3.05, 3.63) is 0 Å². The van der Waals surface area contributed by atoms with Crippen LogP contribution in [0.25, 0.3) is 0 Å². The zero-order valence-electron chi connectivity index (χ0n) is 11.7. The Kier molecular flexibility index (Phi) is 3.36. The first-order valence-electron chi connectivity index (χ1n) is 7.22. The van der Waals surface area contributed by atoms with E-state index in [4.69, 9.17) is 0 Å². The van der Waals surface area contributed by atoms with Gasteiger partial charge in [-0.1, -0.05) is 33.6 Å². The van der Waals surface area contributed by atoms with E-state index in [-0.39, 0.29) is 0 Å². The highest BCUT2D eigenvalue weighted by Crippen LogP contribution is 2.48. The smallest absolute Gasteiger partial charge is 0.0212 e. The molecule has 1 saturated carbocycles. The van der Waals surface area contributed by atoms with E-state index in [9.17, 15) is 0 Å². The van der Waals surface area contributed by atoms with Crippen LogP contribution in [-0.2, 0) is 0 Å². The van der Waals surface area contributed by atoms with Crippen LogP contribution in [-0.4, -0.2) is 23.5 Å². The van der Waals surface area contributed by atoms with Gasteiger partial charge in [-0.3, -0.25) is 4.90 Å². The summed E-state index contributed by atoms with van der Waals surface area (Å²) in [7, 11) is 0. The maximum absolute atomic E-state index is 2.81. The molecule has 0 spiro atoms. The summed E-state index contributed by atoms with van der Waals surface area (Å²) in [4.78, 5) is 2.81. The Balaban J connectivity index is 2.15. The summed E-state index contributed by atoms with van der Waals surface area (Å²) >= 11 is 0. The van der Waals surface area contributed by atoms with Gasteiger partial charge < -0.3 is 0 Å². The molecule has 2 unspecified atom stereocenters. The highest BCUT2D eigenvalue weighted by Gasteiger charge is 2.46. The summed E-state index contributed by atoms with van der Waals surface area (Å²) in [5, 5.41) is 0. The van der Waals surface area contributed by atoms with Crippen LogP contribution in [0.1, 0.15) is 66.2 Å². The lowest BCUT2D eigenvalue weighted by Crippen LogP contribution is -2.58. The molecule has 0 aromatic carbocycles. The van der Waals surface area contributed by atoms with Crippen molar-refractivity contribution < 1.29 is 0 Å². The molecule has 0 bridgehead atoms. The SMILES string of the molecule is CC1C(C)(C)CCCC1(C)N1CCCCC1. The molecule has 0 aromatic rings. The summed E-state index contributed by atoms with van der Waals surface area (Å²) in [6.07, 6.45) is 8.54. The Morgan fingerprint density at radius 1 is 0.875 bits per heavy atom. The topological polar surface area (TPSA) is 3.24 Å². The standard InChI is InChI=1S/C15H29N/c1-13-14(2,3)9-8-10-15(13,4)16-11-6-5-7-12-16/h13H,5-12H2,1-4H3. The number of nitrogens with zero attached hydrogens (tertiary/aromatic N) is 1. The minimum Gasteiger partial charge on any atom is -0.298 e. The molecule has 0 N–H and O–H groups in total. The van der Waals surface area contributed by atoms with Crippen molar-refractivity contribution in [1.82, 2.24) is 4.90 Å². The highest BCUT2D eigenvalue weighted by atomic mass is 15.2. The van der Waals surface area contributed by atoms with Gasteiger partial charge in [-0.15, -0.1) is 0 Å². The normalized spacial score (nSPS) is 40.9. The fourth-order valence-corrected chi connectivity index (χ4v) is 4.01. The number of hydrogen-bond donors (Lipinski definition) is 0. The third-order valence-electron chi connectivity index (χ3n) is 5.69. The van der Waals surface area contributed by atoms with Crippen molar-refractivity contribution in [3.8, 4) is 0 Å². The molecule has 16 heavy (non-hydrogen) atoms. The molecule has 0 aromatic heterocycles. The molecule has 94 valence electrons. The van der Waals surface area contributed by atoms with E-state index in [1.165, 1.54) is 51.6 Å². The molecular formula is C15H29N. The van der Waals surface area contributed by atoms with Gasteiger partial charge in [0.25, 0.3) is 0 Å². The third-order valence-corrected chi connectivity index (χ3v) is 5.69. The fraction of sp³-hybridized carbons (Fsp3) is 1.00. The summed E-state index contributed by atoms with van der Waals surface area (Å²) in [6.45, 7) is 12.7. The van der Waals surface area contributed by atoms with Gasteiger partial charge in [0.1, 0.15) is 0 Å². The molecule has 2 rings (SSSR count). The quantitative estimate of drug-likeness (QED) is 0.647. The molecule has 1 saturated heterocycles. The number of piperidine rings is 1.